The predicted molar refractivity (Wildman–Crippen MR) is 155 cm³/mol. The molecule has 4 aliphatic heterocycles. The normalized spacial score (nSPS) is 24.4. The molecule has 0 amide bonds. The molecule has 3 aromatic heterocycles. The van der Waals surface area contributed by atoms with E-state index in [9.17, 15) is 0 Å². The van der Waals surface area contributed by atoms with E-state index in [0.717, 1.165) is 118 Å². The van der Waals surface area contributed by atoms with Crippen molar-refractivity contribution < 1.29 is 9.05 Å². The second-order valence-corrected chi connectivity index (χ2v) is 11.7. The standard InChI is InChI=1S/C28H34N10O2S/c1-4-13-34(14-5-1)26-27(35-15-6-7-16-35)38(25-21-8-2-3-9-22(21)40-32-25)28(23-10-19-39-31-23,36-17-11-29-12-18-36)37(26)24-20-41-33-30-24/h2-3,8-10,19-20,29H,1,4-7,11-18H2. The summed E-state index contributed by atoms with van der Waals surface area (Å²) in [5.74, 6) is 2.87. The van der Waals surface area contributed by atoms with Gasteiger partial charge in [-0.15, -0.1) is 5.10 Å². The molecule has 1 atom stereocenters. The third kappa shape index (κ3) is 3.86. The lowest BCUT2D eigenvalue weighted by Gasteiger charge is -2.52. The zero-order chi connectivity index (χ0) is 27.2. The fraction of sp³-hybridized carbons (Fsp3) is 0.500. The smallest absolute Gasteiger partial charge is 0.233 e. The SMILES string of the molecule is c1ccc2c(N3C(N4CCCC4)=C(N4CCCCC4)N(c4csnn4)C3(c3ccon3)N3CCNCC3)noc2c1. The Bertz CT molecular complexity index is 1500. The van der Waals surface area contributed by atoms with Gasteiger partial charge in [0.15, 0.2) is 28.9 Å². The molecule has 0 aliphatic carbocycles. The van der Waals surface area contributed by atoms with Crippen LogP contribution in [0, 0.1) is 0 Å². The van der Waals surface area contributed by atoms with Gasteiger partial charge in [-0.25, -0.2) is 0 Å². The van der Waals surface area contributed by atoms with Crippen LogP contribution >= 0.6 is 11.5 Å². The number of nitrogens with zero attached hydrogens (tertiary/aromatic N) is 9. The van der Waals surface area contributed by atoms with Gasteiger partial charge in [0.2, 0.25) is 5.79 Å². The number of hydrogen-bond acceptors (Lipinski definition) is 13. The van der Waals surface area contributed by atoms with E-state index in [1.165, 1.54) is 18.0 Å². The van der Waals surface area contributed by atoms with E-state index in [-0.39, 0.29) is 0 Å². The zero-order valence-electron chi connectivity index (χ0n) is 23.0. The molecule has 3 fully saturated rings. The first kappa shape index (κ1) is 25.1. The third-order valence-corrected chi connectivity index (χ3v) is 9.29. The van der Waals surface area contributed by atoms with E-state index in [2.05, 4.69) is 46.4 Å². The number of benzene rings is 1. The van der Waals surface area contributed by atoms with Gasteiger partial charge in [-0.1, -0.05) is 26.9 Å². The summed E-state index contributed by atoms with van der Waals surface area (Å²) in [6.07, 6.45) is 7.50. The average molecular weight is 575 g/mol. The first-order valence-electron chi connectivity index (χ1n) is 14.7. The van der Waals surface area contributed by atoms with Gasteiger partial charge in [0, 0.05) is 58.4 Å². The highest BCUT2D eigenvalue weighted by Crippen LogP contribution is 2.54. The summed E-state index contributed by atoms with van der Waals surface area (Å²) < 4.78 is 16.0. The quantitative estimate of drug-likeness (QED) is 0.365. The predicted octanol–water partition coefficient (Wildman–Crippen LogP) is 3.42. The summed E-state index contributed by atoms with van der Waals surface area (Å²) in [6.45, 7) is 7.20. The van der Waals surface area contributed by atoms with E-state index in [1.807, 2.05) is 23.6 Å². The molecule has 3 saturated heterocycles. The maximum Gasteiger partial charge on any atom is 0.233 e. The van der Waals surface area contributed by atoms with Crippen LogP contribution in [0.4, 0.5) is 11.6 Å². The summed E-state index contributed by atoms with van der Waals surface area (Å²) in [5.41, 5.74) is 1.54. The van der Waals surface area contributed by atoms with Crippen molar-refractivity contribution in [3.63, 3.8) is 0 Å². The molecule has 13 heteroatoms. The van der Waals surface area contributed by atoms with E-state index < -0.39 is 5.79 Å². The van der Waals surface area contributed by atoms with Crippen LogP contribution in [0.3, 0.4) is 0 Å². The summed E-state index contributed by atoms with van der Waals surface area (Å²) in [6, 6.07) is 10.1. The van der Waals surface area contributed by atoms with Gasteiger partial charge in [-0.3, -0.25) is 14.7 Å². The van der Waals surface area contributed by atoms with Crippen molar-refractivity contribution in [1.29, 1.82) is 0 Å². The van der Waals surface area contributed by atoms with Gasteiger partial charge < -0.3 is 24.2 Å². The second-order valence-electron chi connectivity index (χ2n) is 11.1. The van der Waals surface area contributed by atoms with E-state index >= 15 is 0 Å². The Labute approximate surface area is 242 Å². The number of aromatic nitrogens is 4. The Balaban J connectivity index is 1.48. The van der Waals surface area contributed by atoms with Crippen molar-refractivity contribution in [2.24, 2.45) is 0 Å². The lowest BCUT2D eigenvalue weighted by atomic mass is 10.1. The second kappa shape index (κ2) is 10.3. The summed E-state index contributed by atoms with van der Waals surface area (Å²) in [4.78, 5) is 12.3. The Morgan fingerprint density at radius 1 is 0.805 bits per heavy atom. The van der Waals surface area contributed by atoms with E-state index in [0.29, 0.717) is 0 Å². The number of piperidine rings is 1. The maximum atomic E-state index is 6.01. The van der Waals surface area contributed by atoms with Crippen molar-refractivity contribution in [3.8, 4) is 0 Å². The molecule has 12 nitrogen and oxygen atoms in total. The highest BCUT2D eigenvalue weighted by Gasteiger charge is 2.63. The molecule has 1 aromatic carbocycles. The molecule has 8 rings (SSSR count). The minimum absolute atomic E-state index is 0.755. The number of anilines is 2. The molecule has 0 radical (unpaired) electrons. The third-order valence-electron chi connectivity index (χ3n) is 8.80. The molecule has 7 heterocycles. The minimum Gasteiger partial charge on any atom is -0.364 e. The molecule has 1 N–H and O–H groups in total. The van der Waals surface area contributed by atoms with Crippen molar-refractivity contribution in [2.45, 2.75) is 37.9 Å². The lowest BCUT2D eigenvalue weighted by molar-refractivity contribution is 0.0669. The summed E-state index contributed by atoms with van der Waals surface area (Å²) in [5, 5.41) is 20.8. The highest BCUT2D eigenvalue weighted by molar-refractivity contribution is 7.03. The van der Waals surface area contributed by atoms with Crippen LogP contribution in [0.5, 0.6) is 0 Å². The number of fused-ring (bicyclic) bond motifs is 1. The van der Waals surface area contributed by atoms with Gasteiger partial charge in [0.25, 0.3) is 0 Å². The van der Waals surface area contributed by atoms with Gasteiger partial charge in [-0.05, 0) is 55.8 Å². The number of likely N-dealkylation sites (tertiary alicyclic amines) is 2. The Morgan fingerprint density at radius 2 is 1.54 bits per heavy atom. The zero-order valence-corrected chi connectivity index (χ0v) is 23.8. The van der Waals surface area contributed by atoms with Crippen LogP contribution in [-0.2, 0) is 5.79 Å². The molecule has 4 aromatic rings. The Kier molecular flexibility index (Phi) is 6.30. The number of para-hydroxylation sites is 1. The van der Waals surface area contributed by atoms with E-state index in [1.54, 1.807) is 6.26 Å². The first-order chi connectivity index (χ1) is 20.4. The van der Waals surface area contributed by atoms with Crippen molar-refractivity contribution in [1.82, 2.24) is 39.9 Å². The van der Waals surface area contributed by atoms with Crippen LogP contribution in [0.15, 0.2) is 62.7 Å². The molecule has 0 bridgehead atoms. The number of hydrogen-bond donors (Lipinski definition) is 1. The fourth-order valence-electron chi connectivity index (χ4n) is 7.04. The van der Waals surface area contributed by atoms with Crippen molar-refractivity contribution >= 4 is 34.1 Å². The molecule has 1 unspecified atom stereocenters. The van der Waals surface area contributed by atoms with Gasteiger partial charge >= 0.3 is 0 Å². The molecule has 4 aliphatic rings. The number of nitrogens with one attached hydrogen (secondary N) is 1. The molecule has 41 heavy (non-hydrogen) atoms. The molecular weight excluding hydrogens is 540 g/mol. The van der Waals surface area contributed by atoms with Crippen molar-refractivity contribution in [3.05, 3.63) is 59.3 Å². The maximum absolute atomic E-state index is 6.01. The van der Waals surface area contributed by atoms with Gasteiger partial charge in [-0.2, -0.15) is 0 Å². The fourth-order valence-corrected chi connectivity index (χ4v) is 7.46. The summed E-state index contributed by atoms with van der Waals surface area (Å²) >= 11 is 1.37. The highest BCUT2D eigenvalue weighted by atomic mass is 32.1. The Morgan fingerprint density at radius 3 is 2.24 bits per heavy atom. The topological polar surface area (TPSA) is 106 Å². The van der Waals surface area contributed by atoms with Crippen LogP contribution in [0.2, 0.25) is 0 Å². The summed E-state index contributed by atoms with van der Waals surface area (Å²) in [7, 11) is 0. The first-order valence-corrected chi connectivity index (χ1v) is 15.5. The molecule has 214 valence electrons. The van der Waals surface area contributed by atoms with Crippen LogP contribution in [0.25, 0.3) is 11.0 Å². The Hall–Kier alpha value is -3.68. The van der Waals surface area contributed by atoms with Crippen molar-refractivity contribution in [2.75, 3.05) is 62.2 Å². The lowest BCUT2D eigenvalue weighted by Crippen LogP contribution is -2.68. The van der Waals surface area contributed by atoms with E-state index in [4.69, 9.17) is 24.5 Å². The molecule has 0 saturated carbocycles. The minimum atomic E-state index is -0.949. The van der Waals surface area contributed by atoms with Gasteiger partial charge in [0.1, 0.15) is 12.0 Å². The largest absolute Gasteiger partial charge is 0.364 e. The monoisotopic (exact) mass is 574 g/mol. The van der Waals surface area contributed by atoms with Crippen LogP contribution < -0.4 is 15.1 Å². The average Bonchev–Trinajstić information content (AvgIpc) is 3.86. The molecule has 0 spiro atoms. The van der Waals surface area contributed by atoms with Gasteiger partial charge in [0.05, 0.1) is 10.8 Å². The number of piperazine rings is 1. The van der Waals surface area contributed by atoms with Crippen LogP contribution in [0.1, 0.15) is 37.8 Å². The molecular formula is C28H34N10O2S. The number of rotatable bonds is 6. The van der Waals surface area contributed by atoms with Crippen LogP contribution in [-0.4, -0.2) is 87.0 Å².